The van der Waals surface area contributed by atoms with Gasteiger partial charge in [0.15, 0.2) is 0 Å². The van der Waals surface area contributed by atoms with E-state index in [1.54, 1.807) is 6.07 Å². The minimum absolute atomic E-state index is 0.183. The van der Waals surface area contributed by atoms with Gasteiger partial charge in [-0.05, 0) is 17.7 Å². The lowest BCUT2D eigenvalue weighted by Crippen LogP contribution is -2.01. The molecule has 5 nitrogen and oxygen atoms in total. The molecule has 0 fully saturated rings. The number of carboxylic acids is 1. The normalized spacial score (nSPS) is 10.6. The van der Waals surface area contributed by atoms with Crippen molar-refractivity contribution in [2.75, 3.05) is 0 Å². The van der Waals surface area contributed by atoms with Gasteiger partial charge >= 0.3 is 5.97 Å². The maximum Gasteiger partial charge on any atom is 0.309 e. The van der Waals surface area contributed by atoms with Gasteiger partial charge in [-0.3, -0.25) is 4.79 Å². The first kappa shape index (κ1) is 12.5. The Morgan fingerprint density at radius 2 is 2.28 bits per heavy atom. The molecule has 0 atom stereocenters. The van der Waals surface area contributed by atoms with E-state index in [4.69, 9.17) is 16.7 Å². The lowest BCUT2D eigenvalue weighted by Gasteiger charge is -2.03. The zero-order valence-electron chi connectivity index (χ0n) is 9.18. The molecule has 0 unspecified atom stereocenters. The van der Waals surface area contributed by atoms with E-state index >= 15 is 0 Å². The molecule has 18 heavy (non-hydrogen) atoms. The summed E-state index contributed by atoms with van der Waals surface area (Å²) in [4.78, 5) is 10.5. The third-order valence-electron chi connectivity index (χ3n) is 2.27. The van der Waals surface area contributed by atoms with E-state index in [-0.39, 0.29) is 6.42 Å². The van der Waals surface area contributed by atoms with Crippen LogP contribution in [0.3, 0.4) is 0 Å². The molecule has 0 amide bonds. The Balaban J connectivity index is 2.13. The molecule has 0 bridgehead atoms. The van der Waals surface area contributed by atoms with Crippen LogP contribution in [0.4, 0.5) is 4.39 Å². The van der Waals surface area contributed by atoms with E-state index in [2.05, 4.69) is 10.3 Å². The van der Waals surface area contributed by atoms with Crippen LogP contribution in [-0.2, 0) is 17.8 Å². The summed E-state index contributed by atoms with van der Waals surface area (Å²) in [6.07, 6.45) is 1.34. The molecule has 0 aliphatic carbocycles. The van der Waals surface area contributed by atoms with Crippen LogP contribution in [0.2, 0.25) is 5.02 Å². The number of hydrogen-bond donors (Lipinski definition) is 1. The molecule has 2 aromatic rings. The van der Waals surface area contributed by atoms with Gasteiger partial charge in [-0.2, -0.15) is 0 Å². The van der Waals surface area contributed by atoms with Gasteiger partial charge in [0.25, 0.3) is 0 Å². The molecule has 2 rings (SSSR count). The van der Waals surface area contributed by atoms with Gasteiger partial charge in [-0.25, -0.2) is 9.07 Å². The molecular formula is C11H9ClFN3O2. The summed E-state index contributed by atoms with van der Waals surface area (Å²) < 4.78 is 14.3. The van der Waals surface area contributed by atoms with E-state index in [1.165, 1.54) is 23.0 Å². The number of hydrogen-bond acceptors (Lipinski definition) is 3. The maximum atomic E-state index is 12.8. The van der Waals surface area contributed by atoms with Crippen molar-refractivity contribution in [1.82, 2.24) is 15.0 Å². The average molecular weight is 270 g/mol. The van der Waals surface area contributed by atoms with Crippen LogP contribution in [0, 0.1) is 5.82 Å². The monoisotopic (exact) mass is 269 g/mol. The van der Waals surface area contributed by atoms with Crippen LogP contribution in [0.15, 0.2) is 24.4 Å². The van der Waals surface area contributed by atoms with Crippen molar-refractivity contribution in [1.29, 1.82) is 0 Å². The highest BCUT2D eigenvalue weighted by atomic mass is 35.5. The van der Waals surface area contributed by atoms with E-state index in [0.29, 0.717) is 22.8 Å². The van der Waals surface area contributed by atoms with Crippen molar-refractivity contribution in [3.05, 3.63) is 46.5 Å². The molecule has 1 heterocycles. The number of benzene rings is 1. The smallest absolute Gasteiger partial charge is 0.309 e. The summed E-state index contributed by atoms with van der Waals surface area (Å²) in [5.74, 6) is -1.38. The van der Waals surface area contributed by atoms with Crippen LogP contribution in [0.1, 0.15) is 11.3 Å². The topological polar surface area (TPSA) is 68.0 Å². The zero-order valence-corrected chi connectivity index (χ0v) is 9.93. The fourth-order valence-electron chi connectivity index (χ4n) is 1.48. The summed E-state index contributed by atoms with van der Waals surface area (Å²) in [5, 5.41) is 16.4. The molecular weight excluding hydrogens is 261 g/mol. The summed E-state index contributed by atoms with van der Waals surface area (Å²) >= 11 is 5.87. The van der Waals surface area contributed by atoms with Crippen LogP contribution in [0.25, 0.3) is 0 Å². The minimum atomic E-state index is -0.970. The second kappa shape index (κ2) is 5.14. The van der Waals surface area contributed by atoms with Crippen LogP contribution < -0.4 is 0 Å². The molecule has 94 valence electrons. The fraction of sp³-hybridized carbons (Fsp3) is 0.182. The first-order chi connectivity index (χ1) is 8.54. The lowest BCUT2D eigenvalue weighted by atomic mass is 10.2. The van der Waals surface area contributed by atoms with Crippen molar-refractivity contribution >= 4 is 17.6 Å². The van der Waals surface area contributed by atoms with E-state index in [1.807, 2.05) is 0 Å². The third-order valence-corrected chi connectivity index (χ3v) is 2.62. The Morgan fingerprint density at radius 1 is 1.50 bits per heavy atom. The maximum absolute atomic E-state index is 12.8. The van der Waals surface area contributed by atoms with Crippen LogP contribution in [-0.4, -0.2) is 26.1 Å². The molecule has 1 N–H and O–H groups in total. The van der Waals surface area contributed by atoms with Gasteiger partial charge in [0.05, 0.1) is 18.7 Å². The van der Waals surface area contributed by atoms with Crippen LogP contribution >= 0.6 is 11.6 Å². The Labute approximate surface area is 107 Å². The Hall–Kier alpha value is -1.95. The van der Waals surface area contributed by atoms with Gasteiger partial charge in [0.1, 0.15) is 5.82 Å². The minimum Gasteiger partial charge on any atom is -0.481 e. The number of nitrogens with zero attached hydrogens (tertiary/aromatic N) is 3. The number of carboxylic acid groups (broad SMARTS) is 1. The number of aliphatic carboxylic acids is 1. The number of aromatic nitrogens is 3. The van der Waals surface area contributed by atoms with Crippen molar-refractivity contribution in [2.24, 2.45) is 0 Å². The van der Waals surface area contributed by atoms with Gasteiger partial charge in [-0.15, -0.1) is 5.10 Å². The fourth-order valence-corrected chi connectivity index (χ4v) is 1.70. The van der Waals surface area contributed by atoms with Crippen molar-refractivity contribution < 1.29 is 14.3 Å². The average Bonchev–Trinajstić information content (AvgIpc) is 2.69. The lowest BCUT2D eigenvalue weighted by molar-refractivity contribution is -0.136. The van der Waals surface area contributed by atoms with Gasteiger partial charge < -0.3 is 5.11 Å². The van der Waals surface area contributed by atoms with Gasteiger partial charge in [-0.1, -0.05) is 22.9 Å². The summed E-state index contributed by atoms with van der Waals surface area (Å²) in [7, 11) is 0. The highest BCUT2D eigenvalue weighted by molar-refractivity contribution is 6.31. The summed E-state index contributed by atoms with van der Waals surface area (Å²) in [6, 6.07) is 4.07. The van der Waals surface area contributed by atoms with Gasteiger partial charge in [0, 0.05) is 11.2 Å². The van der Waals surface area contributed by atoms with E-state index in [0.717, 1.165) is 0 Å². The SMILES string of the molecule is O=C(O)Cc1cn(Cc2ccc(F)cc2Cl)nn1. The molecule has 1 aromatic carbocycles. The Morgan fingerprint density at radius 3 is 2.94 bits per heavy atom. The second-order valence-electron chi connectivity index (χ2n) is 3.71. The third kappa shape index (κ3) is 3.04. The number of halogens is 2. The number of carbonyl (C=O) groups is 1. The molecule has 0 radical (unpaired) electrons. The molecule has 0 aliphatic heterocycles. The molecule has 7 heteroatoms. The van der Waals surface area contributed by atoms with E-state index in [9.17, 15) is 9.18 Å². The molecule has 0 aliphatic rings. The van der Waals surface area contributed by atoms with Crippen molar-refractivity contribution in [2.45, 2.75) is 13.0 Å². The predicted molar refractivity (Wildman–Crippen MR) is 61.9 cm³/mol. The first-order valence-electron chi connectivity index (χ1n) is 5.09. The number of rotatable bonds is 4. The molecule has 0 saturated carbocycles. The van der Waals surface area contributed by atoms with E-state index < -0.39 is 11.8 Å². The molecule has 0 spiro atoms. The predicted octanol–water partition coefficient (Wildman–Crippen LogP) is 1.75. The van der Waals surface area contributed by atoms with Crippen molar-refractivity contribution in [3.63, 3.8) is 0 Å². The Kier molecular flexibility index (Phi) is 3.57. The van der Waals surface area contributed by atoms with Crippen molar-refractivity contribution in [3.8, 4) is 0 Å². The largest absolute Gasteiger partial charge is 0.481 e. The highest BCUT2D eigenvalue weighted by Gasteiger charge is 2.08. The Bertz CT molecular complexity index is 585. The quantitative estimate of drug-likeness (QED) is 0.918. The first-order valence-corrected chi connectivity index (χ1v) is 5.47. The summed E-state index contributed by atoms with van der Waals surface area (Å²) in [5.41, 5.74) is 1.05. The highest BCUT2D eigenvalue weighted by Crippen LogP contribution is 2.18. The second-order valence-corrected chi connectivity index (χ2v) is 4.12. The molecule has 0 saturated heterocycles. The zero-order chi connectivity index (χ0) is 13.1. The van der Waals surface area contributed by atoms with Crippen LogP contribution in [0.5, 0.6) is 0 Å². The molecule has 1 aromatic heterocycles. The van der Waals surface area contributed by atoms with Gasteiger partial charge in [0.2, 0.25) is 0 Å². The summed E-state index contributed by atoms with van der Waals surface area (Å²) in [6.45, 7) is 0.311. The standard InChI is InChI=1S/C11H9ClFN3O2/c12-10-3-8(13)2-1-7(10)5-16-6-9(14-15-16)4-11(17)18/h1-3,6H,4-5H2,(H,17,18).